The predicted octanol–water partition coefficient (Wildman–Crippen LogP) is 4.37. The summed E-state index contributed by atoms with van der Waals surface area (Å²) in [5.41, 5.74) is 12.8. The maximum atomic E-state index is 11.9. The van der Waals surface area contributed by atoms with E-state index in [1.807, 2.05) is 0 Å². The summed E-state index contributed by atoms with van der Waals surface area (Å²) in [4.78, 5) is 43.8. The highest BCUT2D eigenvalue weighted by atomic mass is 35.5. The first-order valence-electron chi connectivity index (χ1n) is 10.5. The van der Waals surface area contributed by atoms with Gasteiger partial charge in [-0.1, -0.05) is 23.2 Å². The number of nitrogens with one attached hydrogen (secondary N) is 2. The molecule has 5 aromatic rings. The number of H-pyrrole nitrogens is 1. The SMILES string of the molecule is Nc1ccc(Cl)cc1C(=O)Nc1cccnc1.Nc1cccnc1.O=c1[nH]c2ccc(Cl)cc2c(=O)o1. The van der Waals surface area contributed by atoms with Crippen molar-refractivity contribution in [3.63, 3.8) is 0 Å². The Morgan fingerprint density at radius 3 is 2.19 bits per heavy atom. The van der Waals surface area contributed by atoms with Crippen LogP contribution in [0.3, 0.4) is 0 Å². The Balaban J connectivity index is 0.000000167. The number of nitrogens with zero attached hydrogens (tertiary/aromatic N) is 2. The predicted molar refractivity (Wildman–Crippen MR) is 145 cm³/mol. The number of nitrogen functional groups attached to an aromatic ring is 2. The zero-order chi connectivity index (χ0) is 26.8. The molecule has 0 aliphatic heterocycles. The molecule has 0 saturated heterocycles. The number of amides is 1. The number of anilines is 3. The van der Waals surface area contributed by atoms with Crippen LogP contribution < -0.4 is 28.2 Å². The molecule has 6 N–H and O–H groups in total. The van der Waals surface area contributed by atoms with Crippen LogP contribution in [0.4, 0.5) is 17.1 Å². The van der Waals surface area contributed by atoms with Crippen LogP contribution in [0.2, 0.25) is 10.0 Å². The van der Waals surface area contributed by atoms with Crippen LogP contribution in [0, 0.1) is 0 Å². The van der Waals surface area contributed by atoms with Crippen molar-refractivity contribution in [2.45, 2.75) is 0 Å². The van der Waals surface area contributed by atoms with Gasteiger partial charge in [0.15, 0.2) is 0 Å². The van der Waals surface area contributed by atoms with Crippen molar-refractivity contribution in [3.05, 3.63) is 122 Å². The van der Waals surface area contributed by atoms with Gasteiger partial charge < -0.3 is 21.2 Å². The summed E-state index contributed by atoms with van der Waals surface area (Å²) in [5.74, 6) is -1.07. The van der Waals surface area contributed by atoms with E-state index in [0.717, 1.165) is 0 Å². The van der Waals surface area contributed by atoms with Crippen molar-refractivity contribution < 1.29 is 9.21 Å². The van der Waals surface area contributed by atoms with E-state index in [-0.39, 0.29) is 11.3 Å². The van der Waals surface area contributed by atoms with Gasteiger partial charge >= 0.3 is 11.4 Å². The van der Waals surface area contributed by atoms with Gasteiger partial charge in [0.25, 0.3) is 5.91 Å². The molecule has 1 amide bonds. The Hall–Kier alpha value is -4.67. The Morgan fingerprint density at radius 2 is 1.57 bits per heavy atom. The lowest BCUT2D eigenvalue weighted by molar-refractivity contribution is 0.102. The van der Waals surface area contributed by atoms with Gasteiger partial charge in [-0.3, -0.25) is 19.7 Å². The minimum absolute atomic E-state index is 0.270. The summed E-state index contributed by atoms with van der Waals surface area (Å²) in [6, 6.07) is 16.4. The molecule has 3 heterocycles. The molecule has 37 heavy (non-hydrogen) atoms. The van der Waals surface area contributed by atoms with Crippen LogP contribution in [0.15, 0.2) is 99.5 Å². The number of aromatic amines is 1. The average Bonchev–Trinajstić information content (AvgIpc) is 2.88. The highest BCUT2D eigenvalue weighted by molar-refractivity contribution is 6.31. The molecule has 5 rings (SSSR count). The molecule has 188 valence electrons. The minimum atomic E-state index is -0.764. The first kappa shape index (κ1) is 26.9. The number of benzene rings is 2. The van der Waals surface area contributed by atoms with Crippen molar-refractivity contribution in [2.24, 2.45) is 0 Å². The molecule has 0 spiro atoms. The third kappa shape index (κ3) is 8.20. The molecule has 10 nitrogen and oxygen atoms in total. The molecule has 0 fully saturated rings. The van der Waals surface area contributed by atoms with Crippen molar-refractivity contribution in [1.29, 1.82) is 0 Å². The standard InChI is InChI=1S/C12H10ClN3O.C8H4ClNO3.C5H6N2/c13-8-3-4-11(14)10(6-8)12(17)16-9-2-1-5-15-7-9;9-4-1-2-6-5(3-4)7(11)13-8(12)10-6;6-5-2-1-3-7-4-5/h1-7H,14H2,(H,16,17);1-3H,(H,10,12);1-4H,6H2. The molecule has 0 aliphatic carbocycles. The van der Waals surface area contributed by atoms with E-state index >= 15 is 0 Å². The van der Waals surface area contributed by atoms with Gasteiger partial charge in [0.1, 0.15) is 0 Å². The molecular weight excluding hydrogens is 519 g/mol. The minimum Gasteiger partial charge on any atom is -0.398 e. The lowest BCUT2D eigenvalue weighted by Crippen LogP contribution is -2.14. The number of halogens is 2. The summed E-state index contributed by atoms with van der Waals surface area (Å²) >= 11 is 11.5. The van der Waals surface area contributed by atoms with Crippen LogP contribution in [0.5, 0.6) is 0 Å². The van der Waals surface area contributed by atoms with E-state index in [0.29, 0.717) is 38.2 Å². The monoisotopic (exact) mass is 538 g/mol. The Kier molecular flexibility index (Phi) is 9.36. The number of carbonyl (C=O) groups excluding carboxylic acids is 1. The van der Waals surface area contributed by atoms with Gasteiger partial charge in [0.2, 0.25) is 0 Å². The van der Waals surface area contributed by atoms with Gasteiger partial charge in [0.05, 0.1) is 34.0 Å². The van der Waals surface area contributed by atoms with Gasteiger partial charge in [-0.2, -0.15) is 0 Å². The molecule has 0 unspecified atom stereocenters. The van der Waals surface area contributed by atoms with Crippen molar-refractivity contribution in [3.8, 4) is 0 Å². The quantitative estimate of drug-likeness (QED) is 0.240. The van der Waals surface area contributed by atoms with E-state index in [1.165, 1.54) is 12.1 Å². The van der Waals surface area contributed by atoms with Gasteiger partial charge in [-0.05, 0) is 60.7 Å². The van der Waals surface area contributed by atoms with Crippen LogP contribution >= 0.6 is 23.2 Å². The number of fused-ring (bicyclic) bond motifs is 1. The third-order valence-corrected chi connectivity index (χ3v) is 4.96. The highest BCUT2D eigenvalue weighted by Gasteiger charge is 2.10. The van der Waals surface area contributed by atoms with Gasteiger partial charge in [-0.15, -0.1) is 0 Å². The van der Waals surface area contributed by atoms with Crippen molar-refractivity contribution in [2.75, 3.05) is 16.8 Å². The molecule has 0 radical (unpaired) electrons. The van der Waals surface area contributed by atoms with E-state index in [1.54, 1.807) is 73.3 Å². The number of rotatable bonds is 2. The molecule has 0 bridgehead atoms. The molecule has 2 aromatic carbocycles. The van der Waals surface area contributed by atoms with E-state index in [4.69, 9.17) is 34.7 Å². The number of hydrogen-bond donors (Lipinski definition) is 4. The Morgan fingerprint density at radius 1 is 0.892 bits per heavy atom. The number of pyridine rings is 2. The van der Waals surface area contributed by atoms with Crippen molar-refractivity contribution >= 4 is 57.1 Å². The third-order valence-electron chi connectivity index (χ3n) is 4.49. The average molecular weight is 539 g/mol. The maximum Gasteiger partial charge on any atom is 0.419 e. The molecular formula is C25H20Cl2N6O4. The fourth-order valence-electron chi connectivity index (χ4n) is 2.81. The number of carbonyl (C=O) groups is 1. The Bertz CT molecular complexity index is 1610. The summed E-state index contributed by atoms with van der Waals surface area (Å²) in [7, 11) is 0. The topological polar surface area (TPSA) is 170 Å². The van der Waals surface area contributed by atoms with Crippen LogP contribution in [0.1, 0.15) is 10.4 Å². The normalized spacial score (nSPS) is 9.89. The molecule has 0 saturated carbocycles. The van der Waals surface area contributed by atoms with E-state index in [9.17, 15) is 14.4 Å². The summed E-state index contributed by atoms with van der Waals surface area (Å²) in [6.07, 6.45) is 6.48. The van der Waals surface area contributed by atoms with E-state index < -0.39 is 11.4 Å². The number of aromatic nitrogens is 3. The van der Waals surface area contributed by atoms with Crippen molar-refractivity contribution in [1.82, 2.24) is 15.0 Å². The molecule has 0 aliphatic rings. The molecule has 0 atom stereocenters. The lowest BCUT2D eigenvalue weighted by Gasteiger charge is -2.07. The van der Waals surface area contributed by atoms with Crippen LogP contribution in [-0.2, 0) is 0 Å². The second-order valence-corrected chi connectivity index (χ2v) is 8.08. The highest BCUT2D eigenvalue weighted by Crippen LogP contribution is 2.19. The Labute approximate surface area is 219 Å². The van der Waals surface area contributed by atoms with Crippen LogP contribution in [0.25, 0.3) is 10.9 Å². The summed E-state index contributed by atoms with van der Waals surface area (Å²) in [6.45, 7) is 0. The smallest absolute Gasteiger partial charge is 0.398 e. The van der Waals surface area contributed by atoms with Gasteiger partial charge in [0, 0.05) is 34.3 Å². The second-order valence-electron chi connectivity index (χ2n) is 7.21. The largest absolute Gasteiger partial charge is 0.419 e. The fourth-order valence-corrected chi connectivity index (χ4v) is 3.15. The maximum absolute atomic E-state index is 11.9. The summed E-state index contributed by atoms with van der Waals surface area (Å²) < 4.78 is 4.32. The first-order valence-corrected chi connectivity index (χ1v) is 11.2. The fraction of sp³-hybridized carbons (Fsp3) is 0. The van der Waals surface area contributed by atoms with Crippen LogP contribution in [-0.4, -0.2) is 20.9 Å². The zero-order valence-electron chi connectivity index (χ0n) is 19.0. The number of nitrogens with two attached hydrogens (primary N) is 2. The second kappa shape index (κ2) is 12.9. The lowest BCUT2D eigenvalue weighted by atomic mass is 10.1. The number of hydrogen-bond acceptors (Lipinski definition) is 8. The summed E-state index contributed by atoms with van der Waals surface area (Å²) in [5, 5.41) is 3.85. The molecule has 12 heteroatoms. The van der Waals surface area contributed by atoms with E-state index in [2.05, 4.69) is 24.7 Å². The zero-order valence-corrected chi connectivity index (χ0v) is 20.5. The first-order chi connectivity index (χ1) is 17.7. The van der Waals surface area contributed by atoms with Gasteiger partial charge in [-0.25, -0.2) is 9.59 Å². The molecule has 3 aromatic heterocycles.